The summed E-state index contributed by atoms with van der Waals surface area (Å²) in [6.45, 7) is 8.41. The number of rotatable bonds is 10. The SMILES string of the molecule is CCC(CC)NCC(C)OCCCc1ccccc1. The summed E-state index contributed by atoms with van der Waals surface area (Å²) in [4.78, 5) is 0. The molecule has 1 atom stereocenters. The first-order valence-electron chi connectivity index (χ1n) is 7.65. The molecule has 0 aliphatic rings. The lowest BCUT2D eigenvalue weighted by molar-refractivity contribution is 0.0622. The van der Waals surface area contributed by atoms with Crippen LogP contribution in [0.15, 0.2) is 30.3 Å². The van der Waals surface area contributed by atoms with Crippen molar-refractivity contribution in [3.05, 3.63) is 35.9 Å². The molecule has 1 aromatic carbocycles. The molecule has 0 saturated heterocycles. The summed E-state index contributed by atoms with van der Waals surface area (Å²) < 4.78 is 5.84. The molecule has 0 aliphatic heterocycles. The summed E-state index contributed by atoms with van der Waals surface area (Å²) in [5.74, 6) is 0. The molecule has 2 heteroatoms. The van der Waals surface area contributed by atoms with Crippen LogP contribution < -0.4 is 5.32 Å². The van der Waals surface area contributed by atoms with Crippen LogP contribution >= 0.6 is 0 Å². The predicted molar refractivity (Wildman–Crippen MR) is 82.5 cm³/mol. The number of hydrogen-bond donors (Lipinski definition) is 1. The summed E-state index contributed by atoms with van der Waals surface area (Å²) >= 11 is 0. The molecule has 0 amide bonds. The van der Waals surface area contributed by atoms with Gasteiger partial charge in [-0.2, -0.15) is 0 Å². The Morgan fingerprint density at radius 2 is 1.79 bits per heavy atom. The molecule has 0 radical (unpaired) electrons. The first-order valence-corrected chi connectivity index (χ1v) is 7.65. The van der Waals surface area contributed by atoms with E-state index in [1.807, 2.05) is 0 Å². The summed E-state index contributed by atoms with van der Waals surface area (Å²) in [5, 5.41) is 3.55. The Labute approximate surface area is 118 Å². The molecule has 0 bridgehead atoms. The first kappa shape index (κ1) is 16.2. The highest BCUT2D eigenvalue weighted by molar-refractivity contribution is 5.14. The number of nitrogens with one attached hydrogen (secondary N) is 1. The minimum absolute atomic E-state index is 0.302. The van der Waals surface area contributed by atoms with Crippen LogP contribution in [0.3, 0.4) is 0 Å². The van der Waals surface area contributed by atoms with Gasteiger partial charge in [0.15, 0.2) is 0 Å². The van der Waals surface area contributed by atoms with Gasteiger partial charge in [0.1, 0.15) is 0 Å². The molecule has 1 N–H and O–H groups in total. The molecule has 0 fully saturated rings. The largest absolute Gasteiger partial charge is 0.377 e. The van der Waals surface area contributed by atoms with E-state index in [1.54, 1.807) is 0 Å². The van der Waals surface area contributed by atoms with E-state index < -0.39 is 0 Å². The fourth-order valence-electron chi connectivity index (χ4n) is 2.17. The molecule has 1 rings (SSSR count). The standard InChI is InChI=1S/C17H29NO/c1-4-17(5-2)18-14-15(3)19-13-9-12-16-10-7-6-8-11-16/h6-8,10-11,15,17-18H,4-5,9,12-14H2,1-3H3. The second-order valence-electron chi connectivity index (χ2n) is 5.19. The summed E-state index contributed by atoms with van der Waals surface area (Å²) in [6.07, 6.45) is 4.89. The average molecular weight is 263 g/mol. The number of hydrogen-bond acceptors (Lipinski definition) is 2. The highest BCUT2D eigenvalue weighted by atomic mass is 16.5. The second kappa shape index (κ2) is 9.99. The Bertz CT molecular complexity index is 308. The van der Waals surface area contributed by atoms with Gasteiger partial charge in [-0.15, -0.1) is 0 Å². The maximum Gasteiger partial charge on any atom is 0.0671 e. The molecule has 0 spiro atoms. The Balaban J connectivity index is 2.05. The lowest BCUT2D eigenvalue weighted by atomic mass is 10.1. The second-order valence-corrected chi connectivity index (χ2v) is 5.19. The van der Waals surface area contributed by atoms with Gasteiger partial charge in [0, 0.05) is 19.2 Å². The molecule has 0 heterocycles. The highest BCUT2D eigenvalue weighted by Crippen LogP contribution is 2.03. The van der Waals surface area contributed by atoms with E-state index in [0.717, 1.165) is 26.0 Å². The first-order chi connectivity index (χ1) is 9.26. The molecule has 108 valence electrons. The van der Waals surface area contributed by atoms with Crippen LogP contribution in [0.25, 0.3) is 0 Å². The van der Waals surface area contributed by atoms with Gasteiger partial charge in [-0.25, -0.2) is 0 Å². The van der Waals surface area contributed by atoms with Crippen LogP contribution in [-0.2, 0) is 11.2 Å². The summed E-state index contributed by atoms with van der Waals surface area (Å²) in [6, 6.07) is 11.2. The van der Waals surface area contributed by atoms with Crippen LogP contribution in [0, 0.1) is 0 Å². The molecule has 2 nitrogen and oxygen atoms in total. The summed E-state index contributed by atoms with van der Waals surface area (Å²) in [5.41, 5.74) is 1.40. The minimum Gasteiger partial charge on any atom is -0.377 e. The van der Waals surface area contributed by atoms with E-state index in [4.69, 9.17) is 4.74 Å². The zero-order chi connectivity index (χ0) is 13.9. The molecule has 0 aliphatic carbocycles. The van der Waals surface area contributed by atoms with Crippen LogP contribution in [-0.4, -0.2) is 25.3 Å². The molecule has 1 unspecified atom stereocenters. The van der Waals surface area contributed by atoms with Crippen LogP contribution in [0.1, 0.15) is 45.6 Å². The van der Waals surface area contributed by atoms with Crippen LogP contribution in [0.5, 0.6) is 0 Å². The van der Waals surface area contributed by atoms with Crippen molar-refractivity contribution in [2.75, 3.05) is 13.2 Å². The van der Waals surface area contributed by atoms with Crippen LogP contribution in [0.2, 0.25) is 0 Å². The molecule has 1 aromatic rings. The number of ether oxygens (including phenoxy) is 1. The Morgan fingerprint density at radius 1 is 1.11 bits per heavy atom. The van der Waals surface area contributed by atoms with Crippen molar-refractivity contribution >= 4 is 0 Å². The third-order valence-electron chi connectivity index (χ3n) is 3.53. The fourth-order valence-corrected chi connectivity index (χ4v) is 2.17. The Hall–Kier alpha value is -0.860. The Kier molecular flexibility index (Phi) is 8.52. The van der Waals surface area contributed by atoms with E-state index in [9.17, 15) is 0 Å². The smallest absolute Gasteiger partial charge is 0.0671 e. The van der Waals surface area contributed by atoms with E-state index >= 15 is 0 Å². The molecular formula is C17H29NO. The van der Waals surface area contributed by atoms with E-state index in [0.29, 0.717) is 12.1 Å². The van der Waals surface area contributed by atoms with Gasteiger partial charge in [0.05, 0.1) is 6.10 Å². The summed E-state index contributed by atoms with van der Waals surface area (Å²) in [7, 11) is 0. The monoisotopic (exact) mass is 263 g/mol. The van der Waals surface area contributed by atoms with Gasteiger partial charge >= 0.3 is 0 Å². The van der Waals surface area contributed by atoms with Crippen molar-refractivity contribution in [3.63, 3.8) is 0 Å². The molecule has 0 aromatic heterocycles. The van der Waals surface area contributed by atoms with Gasteiger partial charge < -0.3 is 10.1 Å². The van der Waals surface area contributed by atoms with Crippen molar-refractivity contribution in [2.24, 2.45) is 0 Å². The van der Waals surface area contributed by atoms with E-state index in [-0.39, 0.29) is 0 Å². The quantitative estimate of drug-likeness (QED) is 0.648. The lowest BCUT2D eigenvalue weighted by Crippen LogP contribution is -2.35. The topological polar surface area (TPSA) is 21.3 Å². The van der Waals surface area contributed by atoms with Gasteiger partial charge in [0.2, 0.25) is 0 Å². The van der Waals surface area contributed by atoms with Gasteiger partial charge in [0.25, 0.3) is 0 Å². The van der Waals surface area contributed by atoms with E-state index in [2.05, 4.69) is 56.4 Å². The van der Waals surface area contributed by atoms with Gasteiger partial charge in [-0.05, 0) is 38.2 Å². The predicted octanol–water partition coefficient (Wildman–Crippen LogP) is 3.80. The Morgan fingerprint density at radius 3 is 2.42 bits per heavy atom. The van der Waals surface area contributed by atoms with Gasteiger partial charge in [-0.3, -0.25) is 0 Å². The minimum atomic E-state index is 0.302. The zero-order valence-electron chi connectivity index (χ0n) is 12.7. The van der Waals surface area contributed by atoms with E-state index in [1.165, 1.54) is 18.4 Å². The molecule has 0 saturated carbocycles. The van der Waals surface area contributed by atoms with Crippen molar-refractivity contribution in [3.8, 4) is 0 Å². The van der Waals surface area contributed by atoms with Crippen molar-refractivity contribution in [2.45, 2.75) is 58.6 Å². The average Bonchev–Trinajstić information content (AvgIpc) is 2.46. The molecular weight excluding hydrogens is 234 g/mol. The van der Waals surface area contributed by atoms with Crippen molar-refractivity contribution in [1.29, 1.82) is 0 Å². The third kappa shape index (κ3) is 7.34. The number of benzene rings is 1. The highest BCUT2D eigenvalue weighted by Gasteiger charge is 2.06. The van der Waals surface area contributed by atoms with Crippen molar-refractivity contribution < 1.29 is 4.74 Å². The maximum absolute atomic E-state index is 5.84. The third-order valence-corrected chi connectivity index (χ3v) is 3.53. The fraction of sp³-hybridized carbons (Fsp3) is 0.647. The maximum atomic E-state index is 5.84. The number of aryl methyl sites for hydroxylation is 1. The van der Waals surface area contributed by atoms with Crippen LogP contribution in [0.4, 0.5) is 0 Å². The lowest BCUT2D eigenvalue weighted by Gasteiger charge is -2.19. The zero-order valence-corrected chi connectivity index (χ0v) is 12.7. The van der Waals surface area contributed by atoms with Gasteiger partial charge in [-0.1, -0.05) is 44.2 Å². The normalized spacial score (nSPS) is 12.8. The molecule has 19 heavy (non-hydrogen) atoms. The van der Waals surface area contributed by atoms with Crippen molar-refractivity contribution in [1.82, 2.24) is 5.32 Å².